The van der Waals surface area contributed by atoms with Gasteiger partial charge in [0, 0.05) is 28.4 Å². The molecule has 0 saturated heterocycles. The van der Waals surface area contributed by atoms with Crippen molar-refractivity contribution in [3.8, 4) is 11.1 Å². The van der Waals surface area contributed by atoms with Crippen LogP contribution in [-0.2, 0) is 5.41 Å². The van der Waals surface area contributed by atoms with E-state index in [1.165, 1.54) is 50.3 Å². The second kappa shape index (κ2) is 6.88. The van der Waals surface area contributed by atoms with Crippen LogP contribution in [-0.4, -0.2) is 11.1 Å². The first-order valence-corrected chi connectivity index (χ1v) is 12.8. The fourth-order valence-electron chi connectivity index (χ4n) is 7.22. The zero-order chi connectivity index (χ0) is 25.0. The molecule has 0 bridgehead atoms. The number of fused-ring (bicyclic) bond motifs is 8. The molecule has 0 spiro atoms. The minimum absolute atomic E-state index is 0.0710. The summed E-state index contributed by atoms with van der Waals surface area (Å²) in [5, 5.41) is 0. The standard InChI is InChI=1S/C33H31N3/c1-20-11-7-8-14-26(20)35-27-15-10-18-34-30(27)36-28-19-24(29-21(2)12-9-13-22(29)3)16-17-25(28)32(5)23(4)33(32,6)31(35)36/h7-19,31H,4H2,1-3,5-6H3. The molecule has 3 nitrogen and oxygen atoms in total. The highest BCUT2D eigenvalue weighted by Gasteiger charge is 2.76. The molecule has 0 N–H and O–H groups in total. The first-order chi connectivity index (χ1) is 17.3. The molecule has 3 aliphatic rings. The number of rotatable bonds is 2. The smallest absolute Gasteiger partial charge is 0.158 e. The van der Waals surface area contributed by atoms with E-state index in [4.69, 9.17) is 4.98 Å². The summed E-state index contributed by atoms with van der Waals surface area (Å²) in [6.45, 7) is 16.1. The monoisotopic (exact) mass is 469 g/mol. The summed E-state index contributed by atoms with van der Waals surface area (Å²) >= 11 is 0. The van der Waals surface area contributed by atoms with Crippen LogP contribution in [0.5, 0.6) is 0 Å². The van der Waals surface area contributed by atoms with Crippen molar-refractivity contribution in [3.05, 3.63) is 113 Å². The fourth-order valence-corrected chi connectivity index (χ4v) is 7.22. The van der Waals surface area contributed by atoms with Gasteiger partial charge in [-0.2, -0.15) is 0 Å². The Bertz CT molecular complexity index is 1580. The molecule has 1 aromatic heterocycles. The van der Waals surface area contributed by atoms with Crippen LogP contribution >= 0.6 is 0 Å². The van der Waals surface area contributed by atoms with Gasteiger partial charge in [-0.1, -0.05) is 74.5 Å². The van der Waals surface area contributed by atoms with Gasteiger partial charge >= 0.3 is 0 Å². The predicted molar refractivity (Wildman–Crippen MR) is 149 cm³/mol. The zero-order valence-corrected chi connectivity index (χ0v) is 21.6. The Morgan fingerprint density at radius 1 is 0.750 bits per heavy atom. The number of hydrogen-bond donors (Lipinski definition) is 0. The number of pyridine rings is 1. The van der Waals surface area contributed by atoms with Gasteiger partial charge in [0.05, 0.1) is 5.69 Å². The van der Waals surface area contributed by atoms with Crippen LogP contribution in [0.15, 0.2) is 91.1 Å². The van der Waals surface area contributed by atoms with Crippen LogP contribution in [0.3, 0.4) is 0 Å². The van der Waals surface area contributed by atoms with Crippen molar-refractivity contribution in [1.82, 2.24) is 4.98 Å². The molecule has 178 valence electrons. The molecule has 2 aliphatic heterocycles. The largest absolute Gasteiger partial charge is 0.316 e. The summed E-state index contributed by atoms with van der Waals surface area (Å²) in [7, 11) is 0. The van der Waals surface area contributed by atoms with E-state index in [2.05, 4.69) is 124 Å². The number of aryl methyl sites for hydroxylation is 3. The first kappa shape index (κ1) is 21.4. The lowest BCUT2D eigenvalue weighted by molar-refractivity contribution is 0.376. The van der Waals surface area contributed by atoms with Crippen LogP contribution in [0, 0.1) is 26.2 Å². The summed E-state index contributed by atoms with van der Waals surface area (Å²) in [6, 6.07) is 26.6. The van der Waals surface area contributed by atoms with E-state index in [1.807, 2.05) is 6.20 Å². The third kappa shape index (κ3) is 2.36. The normalized spacial score (nSPS) is 25.2. The van der Waals surface area contributed by atoms with E-state index in [0.29, 0.717) is 0 Å². The van der Waals surface area contributed by atoms with Gasteiger partial charge in [0.2, 0.25) is 0 Å². The second-order valence-electron chi connectivity index (χ2n) is 11.1. The minimum Gasteiger partial charge on any atom is -0.316 e. The van der Waals surface area contributed by atoms with Crippen molar-refractivity contribution in [1.29, 1.82) is 0 Å². The molecular formula is C33H31N3. The Labute approximate surface area is 213 Å². The summed E-state index contributed by atoms with van der Waals surface area (Å²) in [5.74, 6) is 1.02. The van der Waals surface area contributed by atoms with Gasteiger partial charge in [-0.15, -0.1) is 0 Å². The Balaban J connectivity index is 1.53. The third-order valence-electron chi connectivity index (χ3n) is 9.41. The molecule has 1 saturated carbocycles. The molecule has 0 amide bonds. The molecule has 3 unspecified atom stereocenters. The van der Waals surface area contributed by atoms with E-state index >= 15 is 0 Å². The molecule has 4 aromatic rings. The SMILES string of the molecule is C=C1C2(C)c3ccc(-c4c(C)cccc4C)cc3N3c4ncccc4N(c4ccccc4C)C3C12C. The van der Waals surface area contributed by atoms with Crippen LogP contribution in [0.2, 0.25) is 0 Å². The molecule has 3 atom stereocenters. The number of benzene rings is 3. The van der Waals surface area contributed by atoms with Gasteiger partial charge in [-0.3, -0.25) is 0 Å². The highest BCUT2D eigenvalue weighted by molar-refractivity contribution is 5.94. The Kier molecular flexibility index (Phi) is 4.10. The molecule has 1 fully saturated rings. The molecular weight excluding hydrogens is 438 g/mol. The van der Waals surface area contributed by atoms with Crippen molar-refractivity contribution in [3.63, 3.8) is 0 Å². The van der Waals surface area contributed by atoms with Gasteiger partial charge in [-0.25, -0.2) is 4.98 Å². The lowest BCUT2D eigenvalue weighted by Crippen LogP contribution is -2.50. The van der Waals surface area contributed by atoms with Gasteiger partial charge < -0.3 is 9.80 Å². The second-order valence-corrected chi connectivity index (χ2v) is 11.1. The molecule has 7 rings (SSSR count). The Hall–Kier alpha value is -3.85. The van der Waals surface area contributed by atoms with Crippen LogP contribution in [0.4, 0.5) is 22.9 Å². The summed E-state index contributed by atoms with van der Waals surface area (Å²) in [5.41, 5.74) is 12.5. The van der Waals surface area contributed by atoms with Crippen molar-refractivity contribution >= 4 is 22.9 Å². The fraction of sp³-hybridized carbons (Fsp3) is 0.242. The maximum absolute atomic E-state index is 4.97. The first-order valence-electron chi connectivity index (χ1n) is 12.8. The number of anilines is 4. The average Bonchev–Trinajstić information content (AvgIpc) is 3.16. The molecule has 1 aliphatic carbocycles. The molecule has 3 aromatic carbocycles. The van der Waals surface area contributed by atoms with Crippen molar-refractivity contribution in [2.45, 2.75) is 46.2 Å². The molecule has 3 heterocycles. The lowest BCUT2D eigenvalue weighted by Gasteiger charge is -2.44. The molecule has 3 heteroatoms. The highest BCUT2D eigenvalue weighted by atomic mass is 15.5. The van der Waals surface area contributed by atoms with Crippen LogP contribution < -0.4 is 9.80 Å². The third-order valence-corrected chi connectivity index (χ3v) is 9.41. The van der Waals surface area contributed by atoms with Gasteiger partial charge in [0.1, 0.15) is 6.17 Å². The van der Waals surface area contributed by atoms with E-state index in [9.17, 15) is 0 Å². The van der Waals surface area contributed by atoms with Crippen molar-refractivity contribution in [2.75, 3.05) is 9.80 Å². The Morgan fingerprint density at radius 2 is 1.44 bits per heavy atom. The van der Waals surface area contributed by atoms with Crippen LogP contribution in [0.1, 0.15) is 36.1 Å². The van der Waals surface area contributed by atoms with Gasteiger partial charge in [-0.05, 0) is 78.4 Å². The van der Waals surface area contributed by atoms with Gasteiger partial charge in [0.15, 0.2) is 5.82 Å². The maximum Gasteiger partial charge on any atom is 0.158 e. The molecule has 0 radical (unpaired) electrons. The average molecular weight is 470 g/mol. The maximum atomic E-state index is 4.97. The number of nitrogens with zero attached hydrogens (tertiary/aromatic N) is 3. The van der Waals surface area contributed by atoms with E-state index in [1.54, 1.807) is 0 Å². The number of aromatic nitrogens is 1. The lowest BCUT2D eigenvalue weighted by atomic mass is 9.80. The quantitative estimate of drug-likeness (QED) is 0.276. The molecule has 36 heavy (non-hydrogen) atoms. The zero-order valence-electron chi connectivity index (χ0n) is 21.6. The number of hydrogen-bond acceptors (Lipinski definition) is 3. The summed E-state index contributed by atoms with van der Waals surface area (Å²) < 4.78 is 0. The van der Waals surface area contributed by atoms with E-state index in [0.717, 1.165) is 11.5 Å². The summed E-state index contributed by atoms with van der Waals surface area (Å²) in [6.07, 6.45) is 1.99. The van der Waals surface area contributed by atoms with Crippen molar-refractivity contribution in [2.24, 2.45) is 5.41 Å². The van der Waals surface area contributed by atoms with E-state index < -0.39 is 0 Å². The number of para-hydroxylation sites is 1. The van der Waals surface area contributed by atoms with Crippen molar-refractivity contribution < 1.29 is 0 Å². The van der Waals surface area contributed by atoms with E-state index in [-0.39, 0.29) is 17.0 Å². The topological polar surface area (TPSA) is 19.4 Å². The highest BCUT2D eigenvalue weighted by Crippen LogP contribution is 2.77. The Morgan fingerprint density at radius 3 is 2.19 bits per heavy atom. The minimum atomic E-state index is -0.108. The summed E-state index contributed by atoms with van der Waals surface area (Å²) in [4.78, 5) is 9.98. The van der Waals surface area contributed by atoms with Gasteiger partial charge in [0.25, 0.3) is 0 Å². The van der Waals surface area contributed by atoms with Crippen LogP contribution in [0.25, 0.3) is 11.1 Å². The predicted octanol–water partition coefficient (Wildman–Crippen LogP) is 8.14.